The molecule has 0 saturated carbocycles. The van der Waals surface area contributed by atoms with Crippen molar-refractivity contribution in [2.75, 3.05) is 32.6 Å². The van der Waals surface area contributed by atoms with Crippen LogP contribution in [-0.4, -0.2) is 54.3 Å². The molecular weight excluding hydrogens is 236 g/mol. The van der Waals surface area contributed by atoms with Crippen LogP contribution < -0.4 is 0 Å². The summed E-state index contributed by atoms with van der Waals surface area (Å²) in [6, 6.07) is 0.528. The molecule has 17 heavy (non-hydrogen) atoms. The van der Waals surface area contributed by atoms with E-state index in [9.17, 15) is 4.79 Å². The lowest BCUT2D eigenvalue weighted by atomic mass is 9.94. The van der Waals surface area contributed by atoms with Gasteiger partial charge in [-0.25, -0.2) is 0 Å². The second-order valence-electron chi connectivity index (χ2n) is 5.63. The third-order valence-electron chi connectivity index (χ3n) is 3.65. The molecule has 0 radical (unpaired) electrons. The minimum Gasteiger partial charge on any atom is -0.344 e. The highest BCUT2D eigenvalue weighted by molar-refractivity contribution is 6.19. The fourth-order valence-electron chi connectivity index (χ4n) is 2.49. The van der Waals surface area contributed by atoms with E-state index in [1.165, 1.54) is 19.4 Å². The van der Waals surface area contributed by atoms with Gasteiger partial charge in [0.2, 0.25) is 5.91 Å². The van der Waals surface area contributed by atoms with Gasteiger partial charge in [0, 0.05) is 25.5 Å². The minimum atomic E-state index is -0.452. The molecule has 0 bridgehead atoms. The smallest absolute Gasteiger partial charge is 0.229 e. The maximum Gasteiger partial charge on any atom is 0.229 e. The molecule has 1 aliphatic heterocycles. The quantitative estimate of drug-likeness (QED) is 0.708. The average Bonchev–Trinajstić information content (AvgIpc) is 2.75. The van der Waals surface area contributed by atoms with Crippen molar-refractivity contribution in [3.63, 3.8) is 0 Å². The second kappa shape index (κ2) is 6.05. The third kappa shape index (κ3) is 3.59. The van der Waals surface area contributed by atoms with Crippen molar-refractivity contribution >= 4 is 17.5 Å². The number of carbonyl (C=O) groups excluding carboxylic acids is 1. The number of likely N-dealkylation sites (tertiary alicyclic amines) is 1. The van der Waals surface area contributed by atoms with Crippen molar-refractivity contribution in [3.8, 4) is 0 Å². The van der Waals surface area contributed by atoms with Crippen LogP contribution >= 0.6 is 11.6 Å². The number of alkyl halides is 1. The molecule has 1 saturated heterocycles. The van der Waals surface area contributed by atoms with Crippen molar-refractivity contribution in [3.05, 3.63) is 0 Å². The van der Waals surface area contributed by atoms with Crippen molar-refractivity contribution in [1.29, 1.82) is 0 Å². The first-order valence-electron chi connectivity index (χ1n) is 6.48. The van der Waals surface area contributed by atoms with Gasteiger partial charge in [0.05, 0.1) is 5.41 Å². The van der Waals surface area contributed by atoms with Gasteiger partial charge in [-0.3, -0.25) is 9.69 Å². The highest BCUT2D eigenvalue weighted by Gasteiger charge is 2.32. The molecular formula is C13H25ClN2O. The predicted molar refractivity (Wildman–Crippen MR) is 72.4 cm³/mol. The highest BCUT2D eigenvalue weighted by atomic mass is 35.5. The molecule has 1 aliphatic rings. The van der Waals surface area contributed by atoms with Gasteiger partial charge in [-0.2, -0.15) is 0 Å². The van der Waals surface area contributed by atoms with E-state index in [1.54, 1.807) is 0 Å². The van der Waals surface area contributed by atoms with E-state index < -0.39 is 5.41 Å². The van der Waals surface area contributed by atoms with Gasteiger partial charge >= 0.3 is 0 Å². The molecule has 100 valence electrons. The van der Waals surface area contributed by atoms with Gasteiger partial charge in [-0.15, -0.1) is 11.6 Å². The SMILES string of the molecule is CCN1CCCC1CN(C)C(=O)C(C)(C)CCl. The van der Waals surface area contributed by atoms with Crippen LogP contribution in [0, 0.1) is 5.41 Å². The standard InChI is InChI=1S/C13H25ClN2O/c1-5-16-8-6-7-11(16)9-15(4)12(17)13(2,3)10-14/h11H,5-10H2,1-4H3. The lowest BCUT2D eigenvalue weighted by Gasteiger charge is -2.32. The van der Waals surface area contributed by atoms with Gasteiger partial charge < -0.3 is 4.90 Å². The number of likely N-dealkylation sites (N-methyl/N-ethyl adjacent to an activating group) is 2. The normalized spacial score (nSPS) is 21.8. The molecule has 1 atom stereocenters. The molecule has 1 unspecified atom stereocenters. The summed E-state index contributed by atoms with van der Waals surface area (Å²) >= 11 is 5.85. The summed E-state index contributed by atoms with van der Waals surface area (Å²) in [4.78, 5) is 16.5. The van der Waals surface area contributed by atoms with E-state index in [2.05, 4.69) is 11.8 Å². The maximum absolute atomic E-state index is 12.2. The first-order valence-corrected chi connectivity index (χ1v) is 7.01. The van der Waals surface area contributed by atoms with Crippen molar-refractivity contribution in [2.24, 2.45) is 5.41 Å². The van der Waals surface area contributed by atoms with Crippen LogP contribution in [0.25, 0.3) is 0 Å². The Bertz CT molecular complexity index is 268. The summed E-state index contributed by atoms with van der Waals surface area (Å²) in [5.41, 5.74) is -0.452. The van der Waals surface area contributed by atoms with E-state index in [1.807, 2.05) is 25.8 Å². The van der Waals surface area contributed by atoms with Crippen molar-refractivity contribution in [1.82, 2.24) is 9.80 Å². The fourth-order valence-corrected chi connectivity index (χ4v) is 2.61. The molecule has 0 aromatic carbocycles. The Hall–Kier alpha value is -0.280. The second-order valence-corrected chi connectivity index (χ2v) is 5.90. The minimum absolute atomic E-state index is 0.149. The summed E-state index contributed by atoms with van der Waals surface area (Å²) in [6.07, 6.45) is 2.45. The van der Waals surface area contributed by atoms with Crippen molar-refractivity contribution in [2.45, 2.75) is 39.7 Å². The van der Waals surface area contributed by atoms with Crippen LogP contribution in [-0.2, 0) is 4.79 Å². The van der Waals surface area contributed by atoms with E-state index in [0.29, 0.717) is 11.9 Å². The summed E-state index contributed by atoms with van der Waals surface area (Å²) in [6.45, 7) is 9.07. The summed E-state index contributed by atoms with van der Waals surface area (Å²) in [7, 11) is 1.89. The Morgan fingerprint density at radius 3 is 2.71 bits per heavy atom. The van der Waals surface area contributed by atoms with Gasteiger partial charge in [-0.1, -0.05) is 6.92 Å². The fraction of sp³-hybridized carbons (Fsp3) is 0.923. The number of rotatable bonds is 5. The molecule has 0 N–H and O–H groups in total. The zero-order chi connectivity index (χ0) is 13.1. The molecule has 0 spiro atoms. The Morgan fingerprint density at radius 1 is 1.53 bits per heavy atom. The van der Waals surface area contributed by atoms with Crippen LogP contribution in [0.2, 0.25) is 0 Å². The third-order valence-corrected chi connectivity index (χ3v) is 4.32. The average molecular weight is 261 g/mol. The monoisotopic (exact) mass is 260 g/mol. The molecule has 1 fully saturated rings. The molecule has 1 amide bonds. The number of hydrogen-bond acceptors (Lipinski definition) is 2. The first kappa shape index (κ1) is 14.8. The van der Waals surface area contributed by atoms with Crippen molar-refractivity contribution < 1.29 is 4.79 Å². The van der Waals surface area contributed by atoms with Crippen LogP contribution in [0.5, 0.6) is 0 Å². The largest absolute Gasteiger partial charge is 0.344 e. The van der Waals surface area contributed by atoms with E-state index in [-0.39, 0.29) is 5.91 Å². The lowest BCUT2D eigenvalue weighted by molar-refractivity contribution is -0.138. The van der Waals surface area contributed by atoms with E-state index in [0.717, 1.165) is 13.1 Å². The summed E-state index contributed by atoms with van der Waals surface area (Å²) < 4.78 is 0. The zero-order valence-electron chi connectivity index (χ0n) is 11.5. The number of hydrogen-bond donors (Lipinski definition) is 0. The van der Waals surface area contributed by atoms with E-state index >= 15 is 0 Å². The molecule has 1 rings (SSSR count). The maximum atomic E-state index is 12.2. The molecule has 3 nitrogen and oxygen atoms in total. The Morgan fingerprint density at radius 2 is 2.18 bits per heavy atom. The number of carbonyl (C=O) groups is 1. The van der Waals surface area contributed by atoms with Crippen LogP contribution in [0.1, 0.15) is 33.6 Å². The molecule has 0 aliphatic carbocycles. The van der Waals surface area contributed by atoms with Gasteiger partial charge in [0.1, 0.15) is 0 Å². The van der Waals surface area contributed by atoms with Crippen LogP contribution in [0.4, 0.5) is 0 Å². The topological polar surface area (TPSA) is 23.6 Å². The number of amides is 1. The number of halogens is 1. The Kier molecular flexibility index (Phi) is 5.26. The highest BCUT2D eigenvalue weighted by Crippen LogP contribution is 2.22. The van der Waals surface area contributed by atoms with Gasteiger partial charge in [-0.05, 0) is 39.8 Å². The molecule has 1 heterocycles. The number of nitrogens with zero attached hydrogens (tertiary/aromatic N) is 2. The molecule has 4 heteroatoms. The zero-order valence-corrected chi connectivity index (χ0v) is 12.3. The van der Waals surface area contributed by atoms with E-state index in [4.69, 9.17) is 11.6 Å². The molecule has 0 aromatic heterocycles. The van der Waals surface area contributed by atoms with Crippen LogP contribution in [0.15, 0.2) is 0 Å². The first-order chi connectivity index (χ1) is 7.92. The summed E-state index contributed by atoms with van der Waals surface area (Å²) in [5.74, 6) is 0.522. The Balaban J connectivity index is 2.54. The molecule has 0 aromatic rings. The summed E-state index contributed by atoms with van der Waals surface area (Å²) in [5, 5.41) is 0. The Labute approximate surface area is 110 Å². The lowest BCUT2D eigenvalue weighted by Crippen LogP contribution is -2.46. The van der Waals surface area contributed by atoms with Gasteiger partial charge in [0.25, 0.3) is 0 Å². The predicted octanol–water partition coefficient (Wildman–Crippen LogP) is 2.19. The van der Waals surface area contributed by atoms with Crippen LogP contribution in [0.3, 0.4) is 0 Å². The van der Waals surface area contributed by atoms with Gasteiger partial charge in [0.15, 0.2) is 0 Å².